The third-order valence-electron chi connectivity index (χ3n) is 2.20. The van der Waals surface area contributed by atoms with E-state index in [-0.39, 0.29) is 11.8 Å². The van der Waals surface area contributed by atoms with Gasteiger partial charge in [0.15, 0.2) is 0 Å². The van der Waals surface area contributed by atoms with Crippen LogP contribution in [0.5, 0.6) is 0 Å². The summed E-state index contributed by atoms with van der Waals surface area (Å²) >= 11 is 8.02. The summed E-state index contributed by atoms with van der Waals surface area (Å²) in [5.41, 5.74) is 1.06. The van der Waals surface area contributed by atoms with Gasteiger partial charge in [0.05, 0.1) is 0 Å². The van der Waals surface area contributed by atoms with Crippen molar-refractivity contribution in [3.63, 3.8) is 0 Å². The van der Waals surface area contributed by atoms with E-state index >= 15 is 0 Å². The summed E-state index contributed by atoms with van der Waals surface area (Å²) in [7, 11) is 0. The number of amides is 2. The molecule has 0 bridgehead atoms. The van der Waals surface area contributed by atoms with Gasteiger partial charge in [0.1, 0.15) is 0 Å². The van der Waals surface area contributed by atoms with Gasteiger partial charge in [-0.25, -0.2) is 0 Å². The molecular formula is C12H16N2O2S2. The monoisotopic (exact) mass is 284 g/mol. The van der Waals surface area contributed by atoms with E-state index in [1.807, 2.05) is 0 Å². The average Bonchev–Trinajstić information content (AvgIpc) is 2.42. The van der Waals surface area contributed by atoms with E-state index in [2.05, 4.69) is 35.9 Å². The first-order valence-electron chi connectivity index (χ1n) is 5.57. The van der Waals surface area contributed by atoms with Gasteiger partial charge < -0.3 is 10.6 Å². The lowest BCUT2D eigenvalue weighted by Crippen LogP contribution is -2.26. The maximum Gasteiger partial charge on any atom is 0.251 e. The molecule has 2 N–H and O–H groups in total. The van der Waals surface area contributed by atoms with Crippen molar-refractivity contribution in [1.82, 2.24) is 10.6 Å². The number of carbonyl (C=O) groups is 2. The van der Waals surface area contributed by atoms with Crippen molar-refractivity contribution in [2.45, 2.75) is 0 Å². The number of thiol groups is 2. The minimum absolute atomic E-state index is 0.161. The van der Waals surface area contributed by atoms with E-state index in [9.17, 15) is 9.59 Å². The number of hydrogen-bond acceptors (Lipinski definition) is 4. The van der Waals surface area contributed by atoms with Crippen molar-refractivity contribution in [3.05, 3.63) is 35.4 Å². The summed E-state index contributed by atoms with van der Waals surface area (Å²) in [4.78, 5) is 23.2. The molecule has 0 aromatic heterocycles. The molecule has 0 aliphatic rings. The summed E-state index contributed by atoms with van der Waals surface area (Å²) in [5, 5.41) is 5.41. The Balaban J connectivity index is 2.62. The zero-order valence-corrected chi connectivity index (χ0v) is 11.6. The molecule has 0 heterocycles. The molecule has 0 aliphatic heterocycles. The molecule has 1 aromatic carbocycles. The zero-order valence-electron chi connectivity index (χ0n) is 9.85. The van der Waals surface area contributed by atoms with Crippen LogP contribution in [0.1, 0.15) is 20.7 Å². The Bertz CT molecular complexity index is 368. The molecule has 0 fully saturated rings. The van der Waals surface area contributed by atoms with Crippen LogP contribution in [0.4, 0.5) is 0 Å². The summed E-state index contributed by atoms with van der Waals surface area (Å²) in [5.74, 6) is 0.865. The van der Waals surface area contributed by atoms with E-state index in [0.717, 1.165) is 0 Å². The average molecular weight is 284 g/mol. The van der Waals surface area contributed by atoms with Crippen molar-refractivity contribution >= 4 is 37.1 Å². The van der Waals surface area contributed by atoms with E-state index in [0.29, 0.717) is 35.7 Å². The molecule has 1 aromatic rings. The highest BCUT2D eigenvalue weighted by Crippen LogP contribution is 2.04. The Morgan fingerprint density at radius 3 is 1.44 bits per heavy atom. The van der Waals surface area contributed by atoms with Crippen molar-refractivity contribution < 1.29 is 9.59 Å². The Kier molecular flexibility index (Phi) is 6.67. The van der Waals surface area contributed by atoms with Gasteiger partial charge >= 0.3 is 0 Å². The molecule has 0 radical (unpaired) electrons. The predicted molar refractivity (Wildman–Crippen MR) is 78.8 cm³/mol. The first kappa shape index (κ1) is 14.9. The molecule has 0 aliphatic carbocycles. The fourth-order valence-corrected chi connectivity index (χ4v) is 1.54. The van der Waals surface area contributed by atoms with Gasteiger partial charge in [-0.15, -0.1) is 0 Å². The summed E-state index contributed by atoms with van der Waals surface area (Å²) in [6, 6.07) is 6.51. The maximum atomic E-state index is 11.6. The van der Waals surface area contributed by atoms with Gasteiger partial charge in [0.25, 0.3) is 11.8 Å². The van der Waals surface area contributed by atoms with Gasteiger partial charge in [0.2, 0.25) is 0 Å². The molecule has 6 heteroatoms. The zero-order chi connectivity index (χ0) is 13.4. The van der Waals surface area contributed by atoms with Crippen LogP contribution < -0.4 is 10.6 Å². The van der Waals surface area contributed by atoms with Gasteiger partial charge in [0, 0.05) is 35.7 Å². The highest BCUT2D eigenvalue weighted by molar-refractivity contribution is 7.80. The van der Waals surface area contributed by atoms with E-state index < -0.39 is 0 Å². The minimum atomic E-state index is -0.161. The maximum absolute atomic E-state index is 11.6. The second kappa shape index (κ2) is 8.05. The highest BCUT2D eigenvalue weighted by atomic mass is 32.1. The van der Waals surface area contributed by atoms with Crippen molar-refractivity contribution in [2.75, 3.05) is 24.6 Å². The quantitative estimate of drug-likeness (QED) is 0.589. The normalized spacial score (nSPS) is 9.89. The van der Waals surface area contributed by atoms with Crippen molar-refractivity contribution in [2.24, 2.45) is 0 Å². The van der Waals surface area contributed by atoms with Crippen molar-refractivity contribution in [1.29, 1.82) is 0 Å². The van der Waals surface area contributed by atoms with Crippen LogP contribution in [-0.2, 0) is 0 Å². The molecule has 4 nitrogen and oxygen atoms in total. The second-order valence-electron chi connectivity index (χ2n) is 3.54. The first-order valence-corrected chi connectivity index (χ1v) is 6.83. The van der Waals surface area contributed by atoms with Crippen LogP contribution in [0, 0.1) is 0 Å². The number of hydrogen-bond donors (Lipinski definition) is 4. The highest BCUT2D eigenvalue weighted by Gasteiger charge is 2.07. The smallest absolute Gasteiger partial charge is 0.251 e. The van der Waals surface area contributed by atoms with Gasteiger partial charge in [-0.3, -0.25) is 9.59 Å². The Hall–Kier alpha value is -1.14. The number of carbonyl (C=O) groups excluding carboxylic acids is 2. The molecule has 0 saturated carbocycles. The van der Waals surface area contributed by atoms with Gasteiger partial charge in [-0.05, 0) is 24.3 Å². The lowest BCUT2D eigenvalue weighted by molar-refractivity contribution is 0.0944. The molecule has 18 heavy (non-hydrogen) atoms. The first-order chi connectivity index (χ1) is 8.69. The van der Waals surface area contributed by atoms with E-state index in [4.69, 9.17) is 0 Å². The van der Waals surface area contributed by atoms with Crippen LogP contribution in [0.15, 0.2) is 24.3 Å². The third-order valence-corrected chi connectivity index (χ3v) is 2.65. The molecule has 2 amide bonds. The molecule has 0 saturated heterocycles. The molecule has 0 unspecified atom stereocenters. The summed E-state index contributed by atoms with van der Waals surface area (Å²) in [6.45, 7) is 1.04. The van der Waals surface area contributed by atoms with E-state index in [1.54, 1.807) is 24.3 Å². The molecule has 0 spiro atoms. The lowest BCUT2D eigenvalue weighted by atomic mass is 10.1. The van der Waals surface area contributed by atoms with Crippen LogP contribution >= 0.6 is 25.3 Å². The predicted octanol–water partition coefficient (Wildman–Crippen LogP) is 1.01. The molecule has 1 rings (SSSR count). The molecular weight excluding hydrogens is 268 g/mol. The van der Waals surface area contributed by atoms with Gasteiger partial charge in [-0.1, -0.05) is 0 Å². The number of nitrogens with one attached hydrogen (secondary N) is 2. The molecule has 98 valence electrons. The van der Waals surface area contributed by atoms with Crippen LogP contribution in [0.3, 0.4) is 0 Å². The van der Waals surface area contributed by atoms with Crippen LogP contribution in [-0.4, -0.2) is 36.4 Å². The SMILES string of the molecule is O=C(NCCS)c1ccc(C(=O)NCCS)cc1. The third kappa shape index (κ3) is 4.62. The van der Waals surface area contributed by atoms with Gasteiger partial charge in [-0.2, -0.15) is 25.3 Å². The second-order valence-corrected chi connectivity index (χ2v) is 4.43. The fourth-order valence-electron chi connectivity index (χ4n) is 1.32. The Labute approximate surface area is 117 Å². The number of rotatable bonds is 6. The standard InChI is InChI=1S/C12H16N2O2S2/c15-11(13-5-7-17)9-1-2-10(4-3-9)12(16)14-6-8-18/h1-4,17-18H,5-8H2,(H,13,15)(H,14,16). The minimum Gasteiger partial charge on any atom is -0.351 e. The number of benzene rings is 1. The Morgan fingerprint density at radius 2 is 1.17 bits per heavy atom. The Morgan fingerprint density at radius 1 is 0.833 bits per heavy atom. The lowest BCUT2D eigenvalue weighted by Gasteiger charge is -2.05. The van der Waals surface area contributed by atoms with Crippen LogP contribution in [0.2, 0.25) is 0 Å². The van der Waals surface area contributed by atoms with E-state index in [1.165, 1.54) is 0 Å². The topological polar surface area (TPSA) is 58.2 Å². The van der Waals surface area contributed by atoms with Crippen LogP contribution in [0.25, 0.3) is 0 Å². The fraction of sp³-hybridized carbons (Fsp3) is 0.333. The summed E-state index contributed by atoms with van der Waals surface area (Å²) in [6.07, 6.45) is 0. The summed E-state index contributed by atoms with van der Waals surface area (Å²) < 4.78 is 0. The largest absolute Gasteiger partial charge is 0.351 e. The molecule has 0 atom stereocenters. The van der Waals surface area contributed by atoms with Crippen molar-refractivity contribution in [3.8, 4) is 0 Å².